The molecule has 28 heavy (non-hydrogen) atoms. The highest BCUT2D eigenvalue weighted by molar-refractivity contribution is 5.89. The Bertz CT molecular complexity index is 1020. The molecule has 1 aliphatic rings. The van der Waals surface area contributed by atoms with E-state index in [4.69, 9.17) is 9.72 Å². The third-order valence-corrected chi connectivity index (χ3v) is 5.35. The van der Waals surface area contributed by atoms with Crippen molar-refractivity contribution >= 4 is 22.8 Å². The van der Waals surface area contributed by atoms with E-state index in [-0.39, 0.29) is 0 Å². The number of aliphatic imine (C=N–C) groups is 1. The molecule has 1 atom stereocenters. The third-order valence-electron chi connectivity index (χ3n) is 5.35. The van der Waals surface area contributed by atoms with Gasteiger partial charge in [0.15, 0.2) is 0 Å². The lowest BCUT2D eigenvalue weighted by Crippen LogP contribution is -2.28. The third kappa shape index (κ3) is 3.99. The Morgan fingerprint density at radius 1 is 1.14 bits per heavy atom. The molecule has 1 aromatic heterocycles. The van der Waals surface area contributed by atoms with Crippen LogP contribution < -0.4 is 4.74 Å². The fourth-order valence-electron chi connectivity index (χ4n) is 3.29. The molecular weight excluding hydrogens is 348 g/mol. The summed E-state index contributed by atoms with van der Waals surface area (Å²) in [6.07, 6.45) is 5.03. The minimum absolute atomic E-state index is 0.529. The van der Waals surface area contributed by atoms with Gasteiger partial charge in [0.05, 0.1) is 24.1 Å². The number of aromatic nitrogens is 2. The highest BCUT2D eigenvalue weighted by Gasteiger charge is 2.11. The predicted octanol–water partition coefficient (Wildman–Crippen LogP) is 5.05. The maximum absolute atomic E-state index is 6.04. The molecule has 1 N–H and O–H groups in total. The van der Waals surface area contributed by atoms with Crippen molar-refractivity contribution in [2.45, 2.75) is 32.9 Å². The number of allylic oxidation sites excluding steroid dienone is 1. The normalized spacial score (nSPS) is 14.6. The van der Waals surface area contributed by atoms with Crippen molar-refractivity contribution in [1.82, 2.24) is 14.9 Å². The topological polar surface area (TPSA) is 53.5 Å². The number of hydrogen-bond donors (Lipinski definition) is 1. The van der Waals surface area contributed by atoms with Crippen LogP contribution >= 0.6 is 0 Å². The van der Waals surface area contributed by atoms with E-state index >= 15 is 0 Å². The summed E-state index contributed by atoms with van der Waals surface area (Å²) in [4.78, 5) is 14.7. The maximum atomic E-state index is 6.04. The second-order valence-electron chi connectivity index (χ2n) is 7.34. The summed E-state index contributed by atoms with van der Waals surface area (Å²) in [7, 11) is 2.13. The van der Waals surface area contributed by atoms with Gasteiger partial charge in [-0.05, 0) is 61.9 Å². The lowest BCUT2D eigenvalue weighted by molar-refractivity contribution is 0.239. The molecule has 5 nitrogen and oxygen atoms in total. The van der Waals surface area contributed by atoms with Crippen molar-refractivity contribution in [2.24, 2.45) is 4.99 Å². The SMILES string of the molecule is CC[C@H](C)N(C)Cc1nc2ccc(Oc3ccc(C4=CC=NC4)cc3)cc2[nH]1. The Balaban J connectivity index is 1.47. The van der Waals surface area contributed by atoms with Crippen molar-refractivity contribution in [2.75, 3.05) is 13.6 Å². The van der Waals surface area contributed by atoms with Gasteiger partial charge in [-0.25, -0.2) is 4.98 Å². The van der Waals surface area contributed by atoms with Crippen LogP contribution in [0.25, 0.3) is 16.6 Å². The number of nitrogens with zero attached hydrogens (tertiary/aromatic N) is 3. The summed E-state index contributed by atoms with van der Waals surface area (Å²) < 4.78 is 6.04. The molecule has 5 heteroatoms. The zero-order valence-corrected chi connectivity index (χ0v) is 16.6. The number of rotatable bonds is 7. The first kappa shape index (κ1) is 18.4. The van der Waals surface area contributed by atoms with Gasteiger partial charge in [0.25, 0.3) is 0 Å². The van der Waals surface area contributed by atoms with Crippen LogP contribution in [0.4, 0.5) is 0 Å². The fourth-order valence-corrected chi connectivity index (χ4v) is 3.29. The first-order valence-corrected chi connectivity index (χ1v) is 9.78. The zero-order chi connectivity index (χ0) is 19.5. The van der Waals surface area contributed by atoms with Gasteiger partial charge in [0.2, 0.25) is 0 Å². The minimum atomic E-state index is 0.529. The van der Waals surface area contributed by atoms with Crippen molar-refractivity contribution in [3.63, 3.8) is 0 Å². The average molecular weight is 374 g/mol. The molecule has 3 aromatic rings. The Morgan fingerprint density at radius 3 is 2.64 bits per heavy atom. The smallest absolute Gasteiger partial charge is 0.129 e. The van der Waals surface area contributed by atoms with Crippen molar-refractivity contribution in [3.05, 3.63) is 59.9 Å². The molecule has 2 heterocycles. The van der Waals surface area contributed by atoms with Crippen LogP contribution in [0.2, 0.25) is 0 Å². The van der Waals surface area contributed by atoms with Crippen molar-refractivity contribution in [1.29, 1.82) is 0 Å². The Kier molecular flexibility index (Phi) is 5.26. The number of hydrogen-bond acceptors (Lipinski definition) is 4. The Hall–Kier alpha value is -2.92. The molecular formula is C23H26N4O. The van der Waals surface area contributed by atoms with Crippen molar-refractivity contribution in [3.8, 4) is 11.5 Å². The van der Waals surface area contributed by atoms with Crippen molar-refractivity contribution < 1.29 is 4.74 Å². The van der Waals surface area contributed by atoms with E-state index in [1.54, 1.807) is 0 Å². The first-order valence-electron chi connectivity index (χ1n) is 9.78. The van der Waals surface area contributed by atoms with Crippen LogP contribution in [-0.4, -0.2) is 40.7 Å². The van der Waals surface area contributed by atoms with Gasteiger partial charge in [-0.3, -0.25) is 9.89 Å². The van der Waals surface area contributed by atoms with Gasteiger partial charge >= 0.3 is 0 Å². The van der Waals surface area contributed by atoms with Gasteiger partial charge in [-0.2, -0.15) is 0 Å². The van der Waals surface area contributed by atoms with Crippen LogP contribution in [0, 0.1) is 0 Å². The van der Waals surface area contributed by atoms with Crippen LogP contribution in [0.3, 0.4) is 0 Å². The number of ether oxygens (including phenoxy) is 1. The Labute approximate surface area is 165 Å². The minimum Gasteiger partial charge on any atom is -0.457 e. The lowest BCUT2D eigenvalue weighted by atomic mass is 10.1. The van der Waals surface area contributed by atoms with Gasteiger partial charge in [0.1, 0.15) is 17.3 Å². The zero-order valence-electron chi connectivity index (χ0n) is 16.6. The second kappa shape index (κ2) is 7.98. The highest BCUT2D eigenvalue weighted by atomic mass is 16.5. The Morgan fingerprint density at radius 2 is 1.93 bits per heavy atom. The summed E-state index contributed by atoms with van der Waals surface area (Å²) in [6, 6.07) is 14.7. The fraction of sp³-hybridized carbons (Fsp3) is 0.304. The molecule has 2 aromatic carbocycles. The molecule has 0 fully saturated rings. The van der Waals surface area contributed by atoms with Crippen LogP contribution in [0.5, 0.6) is 11.5 Å². The molecule has 0 saturated carbocycles. The molecule has 0 spiro atoms. The number of fused-ring (bicyclic) bond motifs is 1. The van der Waals surface area contributed by atoms with Gasteiger partial charge in [-0.1, -0.05) is 19.1 Å². The van der Waals surface area contributed by atoms with Crippen LogP contribution in [0.1, 0.15) is 31.7 Å². The average Bonchev–Trinajstić information content (AvgIpc) is 3.37. The van der Waals surface area contributed by atoms with E-state index in [2.05, 4.69) is 54.0 Å². The molecule has 0 amide bonds. The summed E-state index contributed by atoms with van der Waals surface area (Å²) in [5, 5.41) is 0. The summed E-state index contributed by atoms with van der Waals surface area (Å²) in [5.74, 6) is 2.60. The van der Waals surface area contributed by atoms with Gasteiger partial charge < -0.3 is 9.72 Å². The molecule has 1 aliphatic heterocycles. The predicted molar refractivity (Wildman–Crippen MR) is 115 cm³/mol. The highest BCUT2D eigenvalue weighted by Crippen LogP contribution is 2.27. The van der Waals surface area contributed by atoms with Gasteiger partial charge in [-0.15, -0.1) is 0 Å². The molecule has 0 saturated heterocycles. The van der Waals surface area contributed by atoms with Crippen LogP contribution in [-0.2, 0) is 6.54 Å². The van der Waals surface area contributed by atoms with Crippen LogP contribution in [0.15, 0.2) is 53.5 Å². The first-order chi connectivity index (χ1) is 13.6. The molecule has 0 radical (unpaired) electrons. The molecule has 144 valence electrons. The van der Waals surface area contributed by atoms with E-state index in [0.29, 0.717) is 6.04 Å². The second-order valence-corrected chi connectivity index (χ2v) is 7.34. The standard InChI is InChI=1S/C23H26N4O/c1-4-16(2)27(3)15-23-25-21-10-9-20(13-22(21)26-23)28-19-7-5-17(6-8-19)18-11-12-24-14-18/h5-13,16H,4,14-15H2,1-3H3,(H,25,26)/t16-/m0/s1. The molecule has 0 bridgehead atoms. The van der Waals surface area contributed by atoms with E-state index in [9.17, 15) is 0 Å². The maximum Gasteiger partial charge on any atom is 0.129 e. The summed E-state index contributed by atoms with van der Waals surface area (Å²) >= 11 is 0. The van der Waals surface area contributed by atoms with Gasteiger partial charge in [0, 0.05) is 18.3 Å². The number of benzene rings is 2. The molecule has 0 aliphatic carbocycles. The quantitative estimate of drug-likeness (QED) is 0.629. The number of aromatic amines is 1. The summed E-state index contributed by atoms with van der Waals surface area (Å²) in [5.41, 5.74) is 4.38. The molecule has 0 unspecified atom stereocenters. The van der Waals surface area contributed by atoms with E-state index in [1.165, 1.54) is 11.1 Å². The number of H-pyrrole nitrogens is 1. The monoisotopic (exact) mass is 374 g/mol. The lowest BCUT2D eigenvalue weighted by Gasteiger charge is -2.21. The van der Waals surface area contributed by atoms with E-state index < -0.39 is 0 Å². The van der Waals surface area contributed by atoms with E-state index in [0.717, 1.165) is 47.9 Å². The largest absolute Gasteiger partial charge is 0.457 e. The number of nitrogens with one attached hydrogen (secondary N) is 1. The number of imidazole rings is 1. The van der Waals surface area contributed by atoms with E-state index in [1.807, 2.05) is 36.5 Å². The summed E-state index contributed by atoms with van der Waals surface area (Å²) in [6.45, 7) is 6.00. The molecule has 4 rings (SSSR count).